The number of para-hydroxylation sites is 1. The molecule has 0 bridgehead atoms. The van der Waals surface area contributed by atoms with Gasteiger partial charge in [-0.2, -0.15) is 0 Å². The summed E-state index contributed by atoms with van der Waals surface area (Å²) in [5.74, 6) is 0. The summed E-state index contributed by atoms with van der Waals surface area (Å²) in [5, 5.41) is 12.7. The van der Waals surface area contributed by atoms with Crippen LogP contribution in [0.4, 0.5) is 5.69 Å². The van der Waals surface area contributed by atoms with Gasteiger partial charge in [0.05, 0.1) is 0 Å². The smallest absolute Gasteiger partial charge is 0.132 e. The van der Waals surface area contributed by atoms with Crippen LogP contribution >= 0.6 is 0 Å². The quantitative estimate of drug-likeness (QED) is 0.673. The molecule has 1 atom stereocenters. The highest BCUT2D eigenvalue weighted by Crippen LogP contribution is 2.14. The average molecular weight is 165 g/mol. The van der Waals surface area contributed by atoms with Gasteiger partial charge < -0.3 is 10.4 Å². The van der Waals surface area contributed by atoms with Crippen LogP contribution in [0.2, 0.25) is 0 Å². The first-order valence-electron chi connectivity index (χ1n) is 4.19. The lowest BCUT2D eigenvalue weighted by atomic mass is 10.2. The molecule has 1 aromatic carbocycles. The monoisotopic (exact) mass is 165 g/mol. The Morgan fingerprint density at radius 3 is 2.42 bits per heavy atom. The first-order valence-corrected chi connectivity index (χ1v) is 4.19. The summed E-state index contributed by atoms with van der Waals surface area (Å²) in [6.07, 6.45) is 0.682. The topological polar surface area (TPSA) is 32.3 Å². The molecule has 2 nitrogen and oxygen atoms in total. The molecular formula is C10H15NO. The van der Waals surface area contributed by atoms with Gasteiger partial charge in [0.15, 0.2) is 0 Å². The Bertz CT molecular complexity index is 231. The standard InChI is InChI=1S/C10H15NO/c1-3-10(2,12)11-9-7-5-4-6-8-9/h4-8,11-12H,3H2,1-2H3. The molecule has 66 valence electrons. The fraction of sp³-hybridized carbons (Fsp3) is 0.400. The van der Waals surface area contributed by atoms with Crippen molar-refractivity contribution in [1.82, 2.24) is 0 Å². The van der Waals surface area contributed by atoms with Crippen LogP contribution < -0.4 is 5.32 Å². The Morgan fingerprint density at radius 1 is 1.33 bits per heavy atom. The van der Waals surface area contributed by atoms with Crippen molar-refractivity contribution in [2.75, 3.05) is 5.32 Å². The zero-order chi connectivity index (χ0) is 9.03. The summed E-state index contributed by atoms with van der Waals surface area (Å²) in [6, 6.07) is 9.70. The normalized spacial score (nSPS) is 15.2. The average Bonchev–Trinajstić information content (AvgIpc) is 2.06. The number of anilines is 1. The summed E-state index contributed by atoms with van der Waals surface area (Å²) in [5.41, 5.74) is 0.144. The number of nitrogens with one attached hydrogen (secondary N) is 1. The maximum atomic E-state index is 9.67. The van der Waals surface area contributed by atoms with Crippen molar-refractivity contribution in [3.63, 3.8) is 0 Å². The lowest BCUT2D eigenvalue weighted by molar-refractivity contribution is 0.0862. The van der Waals surface area contributed by atoms with E-state index in [9.17, 15) is 5.11 Å². The van der Waals surface area contributed by atoms with E-state index in [1.165, 1.54) is 0 Å². The van der Waals surface area contributed by atoms with Gasteiger partial charge in [-0.25, -0.2) is 0 Å². The molecule has 0 radical (unpaired) electrons. The van der Waals surface area contributed by atoms with Gasteiger partial charge in [-0.1, -0.05) is 25.1 Å². The van der Waals surface area contributed by atoms with Gasteiger partial charge in [0.25, 0.3) is 0 Å². The summed E-state index contributed by atoms with van der Waals surface area (Å²) in [4.78, 5) is 0. The van der Waals surface area contributed by atoms with Gasteiger partial charge in [-0.3, -0.25) is 0 Å². The lowest BCUT2D eigenvalue weighted by Gasteiger charge is -2.24. The molecule has 0 fully saturated rings. The highest BCUT2D eigenvalue weighted by atomic mass is 16.3. The zero-order valence-electron chi connectivity index (χ0n) is 7.54. The molecule has 1 unspecified atom stereocenters. The van der Waals surface area contributed by atoms with Crippen molar-refractivity contribution in [2.45, 2.75) is 26.0 Å². The summed E-state index contributed by atoms with van der Waals surface area (Å²) in [6.45, 7) is 3.70. The second-order valence-electron chi connectivity index (χ2n) is 3.12. The largest absolute Gasteiger partial charge is 0.371 e. The van der Waals surface area contributed by atoms with Gasteiger partial charge in [0, 0.05) is 5.69 Å². The van der Waals surface area contributed by atoms with E-state index < -0.39 is 5.72 Å². The van der Waals surface area contributed by atoms with Crippen molar-refractivity contribution in [3.8, 4) is 0 Å². The molecule has 0 saturated carbocycles. The van der Waals surface area contributed by atoms with E-state index in [2.05, 4.69) is 5.32 Å². The van der Waals surface area contributed by atoms with E-state index in [0.29, 0.717) is 6.42 Å². The van der Waals surface area contributed by atoms with Crippen LogP contribution in [0.3, 0.4) is 0 Å². The molecule has 0 aromatic heterocycles. The fourth-order valence-electron chi connectivity index (χ4n) is 0.921. The Kier molecular flexibility index (Phi) is 2.71. The Morgan fingerprint density at radius 2 is 1.92 bits per heavy atom. The Hall–Kier alpha value is -1.02. The number of hydrogen-bond acceptors (Lipinski definition) is 2. The van der Waals surface area contributed by atoms with Crippen LogP contribution in [0.15, 0.2) is 30.3 Å². The molecule has 0 aliphatic carbocycles. The SMILES string of the molecule is CCC(C)(O)Nc1ccccc1. The van der Waals surface area contributed by atoms with Crippen LogP contribution in [0.25, 0.3) is 0 Å². The van der Waals surface area contributed by atoms with Crippen LogP contribution in [0, 0.1) is 0 Å². The van der Waals surface area contributed by atoms with Gasteiger partial charge in [-0.15, -0.1) is 0 Å². The number of hydrogen-bond donors (Lipinski definition) is 2. The molecule has 12 heavy (non-hydrogen) atoms. The van der Waals surface area contributed by atoms with E-state index in [1.807, 2.05) is 37.3 Å². The number of rotatable bonds is 3. The van der Waals surface area contributed by atoms with Crippen molar-refractivity contribution >= 4 is 5.69 Å². The molecule has 0 aliphatic heterocycles. The molecule has 0 spiro atoms. The van der Waals surface area contributed by atoms with Crippen molar-refractivity contribution < 1.29 is 5.11 Å². The first-order chi connectivity index (χ1) is 5.64. The summed E-state index contributed by atoms with van der Waals surface area (Å²) < 4.78 is 0. The highest BCUT2D eigenvalue weighted by molar-refractivity contribution is 5.43. The number of aliphatic hydroxyl groups is 1. The Balaban J connectivity index is 2.64. The van der Waals surface area contributed by atoms with E-state index in [1.54, 1.807) is 6.92 Å². The Labute approximate surface area is 73.2 Å². The molecule has 2 N–H and O–H groups in total. The van der Waals surface area contributed by atoms with Gasteiger partial charge in [0.1, 0.15) is 5.72 Å². The van der Waals surface area contributed by atoms with E-state index in [4.69, 9.17) is 0 Å². The second kappa shape index (κ2) is 3.59. The van der Waals surface area contributed by atoms with Crippen molar-refractivity contribution in [1.29, 1.82) is 0 Å². The summed E-state index contributed by atoms with van der Waals surface area (Å²) in [7, 11) is 0. The fourth-order valence-corrected chi connectivity index (χ4v) is 0.921. The molecule has 2 heteroatoms. The third-order valence-electron chi connectivity index (χ3n) is 1.88. The third kappa shape index (κ3) is 2.55. The highest BCUT2D eigenvalue weighted by Gasteiger charge is 2.15. The van der Waals surface area contributed by atoms with E-state index in [-0.39, 0.29) is 0 Å². The van der Waals surface area contributed by atoms with Gasteiger partial charge in [-0.05, 0) is 25.5 Å². The van der Waals surface area contributed by atoms with E-state index >= 15 is 0 Å². The molecule has 0 amide bonds. The molecule has 0 heterocycles. The van der Waals surface area contributed by atoms with Gasteiger partial charge >= 0.3 is 0 Å². The molecule has 1 rings (SSSR count). The number of benzene rings is 1. The molecule has 0 saturated heterocycles. The van der Waals surface area contributed by atoms with Crippen molar-refractivity contribution in [2.24, 2.45) is 0 Å². The minimum Gasteiger partial charge on any atom is -0.371 e. The molecule has 1 aromatic rings. The van der Waals surface area contributed by atoms with Crippen molar-refractivity contribution in [3.05, 3.63) is 30.3 Å². The first kappa shape index (κ1) is 9.07. The lowest BCUT2D eigenvalue weighted by Crippen LogP contribution is -2.33. The van der Waals surface area contributed by atoms with Gasteiger partial charge in [0.2, 0.25) is 0 Å². The van der Waals surface area contributed by atoms with Crippen LogP contribution in [-0.4, -0.2) is 10.8 Å². The minimum absolute atomic E-state index is 0.682. The maximum Gasteiger partial charge on any atom is 0.132 e. The zero-order valence-corrected chi connectivity index (χ0v) is 7.54. The van der Waals surface area contributed by atoms with E-state index in [0.717, 1.165) is 5.69 Å². The third-order valence-corrected chi connectivity index (χ3v) is 1.88. The predicted molar refractivity (Wildman–Crippen MR) is 51.0 cm³/mol. The maximum absolute atomic E-state index is 9.67. The molecule has 0 aliphatic rings. The minimum atomic E-state index is -0.804. The summed E-state index contributed by atoms with van der Waals surface area (Å²) >= 11 is 0. The second-order valence-corrected chi connectivity index (χ2v) is 3.12. The molecular weight excluding hydrogens is 150 g/mol. The van der Waals surface area contributed by atoms with Crippen LogP contribution in [0.5, 0.6) is 0 Å². The van der Waals surface area contributed by atoms with Crippen LogP contribution in [0.1, 0.15) is 20.3 Å². The predicted octanol–water partition coefficient (Wildman–Crippen LogP) is 2.22. The van der Waals surface area contributed by atoms with Crippen LogP contribution in [-0.2, 0) is 0 Å².